The average Bonchev–Trinajstić information content (AvgIpc) is 3.41. The molecule has 0 heterocycles. The summed E-state index contributed by atoms with van der Waals surface area (Å²) in [6.45, 7) is 4.99. The molecule has 4 aromatic rings. The lowest BCUT2D eigenvalue weighted by Crippen LogP contribution is -2.29. The first-order valence-corrected chi connectivity index (χ1v) is 13.0. The van der Waals surface area contributed by atoms with Crippen molar-refractivity contribution in [3.05, 3.63) is 119 Å². The maximum atomic E-state index is 5.51. The highest BCUT2D eigenvalue weighted by molar-refractivity contribution is 5.83. The minimum absolute atomic E-state index is 0.00778. The van der Waals surface area contributed by atoms with Gasteiger partial charge in [0, 0.05) is 18.3 Å². The Bertz CT molecular complexity index is 1400. The van der Waals surface area contributed by atoms with E-state index >= 15 is 0 Å². The van der Waals surface area contributed by atoms with Crippen LogP contribution < -0.4 is 0 Å². The first kappa shape index (κ1) is 21.9. The van der Waals surface area contributed by atoms with E-state index in [0.29, 0.717) is 11.8 Å². The lowest BCUT2D eigenvalue weighted by atomic mass is 9.63. The maximum absolute atomic E-state index is 5.51. The Morgan fingerprint density at radius 2 is 1.14 bits per heavy atom. The SMILES string of the molecule is C#CCCCCc1cccc2c1-c1ccccc1C2C(C)(C)C1c2ccccc2-c2ccccc21. The topological polar surface area (TPSA) is 0 Å². The quantitative estimate of drug-likeness (QED) is 0.202. The highest BCUT2D eigenvalue weighted by Gasteiger charge is 2.48. The van der Waals surface area contributed by atoms with Crippen LogP contribution in [0.2, 0.25) is 0 Å². The van der Waals surface area contributed by atoms with Crippen molar-refractivity contribution in [3.63, 3.8) is 0 Å². The van der Waals surface area contributed by atoms with Crippen molar-refractivity contribution in [1.82, 2.24) is 0 Å². The largest absolute Gasteiger partial charge is 0.120 e. The molecular weight excluding hydrogens is 420 g/mol. The van der Waals surface area contributed by atoms with E-state index in [1.165, 1.54) is 50.1 Å². The van der Waals surface area contributed by atoms with Crippen molar-refractivity contribution >= 4 is 0 Å². The second-order valence-electron chi connectivity index (χ2n) is 10.7. The standard InChI is InChI=1S/C35H32/c1-4-5-6-7-15-24-16-14-23-31-32(24)27-19-10-13-22-30(27)34(31)35(2,3)33-28-20-11-8-17-25(28)26-18-9-12-21-29(26)33/h1,8-14,16-23,33-34H,5-7,15H2,2-3H3. The van der Waals surface area contributed by atoms with Gasteiger partial charge in [0.2, 0.25) is 0 Å². The molecule has 0 nitrogen and oxygen atoms in total. The van der Waals surface area contributed by atoms with Gasteiger partial charge < -0.3 is 0 Å². The number of rotatable bonds is 6. The van der Waals surface area contributed by atoms with E-state index in [1.807, 2.05) is 0 Å². The van der Waals surface area contributed by atoms with Crippen LogP contribution in [0.5, 0.6) is 0 Å². The van der Waals surface area contributed by atoms with E-state index in [0.717, 1.165) is 25.7 Å². The number of hydrogen-bond acceptors (Lipinski definition) is 0. The van der Waals surface area contributed by atoms with Crippen LogP contribution in [0.25, 0.3) is 22.3 Å². The van der Waals surface area contributed by atoms with Gasteiger partial charge in [0.25, 0.3) is 0 Å². The molecule has 0 aliphatic heterocycles. The summed E-state index contributed by atoms with van der Waals surface area (Å²) in [5, 5.41) is 0. The molecule has 0 spiro atoms. The molecule has 0 saturated carbocycles. The molecule has 35 heavy (non-hydrogen) atoms. The maximum Gasteiger partial charge on any atom is 0.0162 e. The fourth-order valence-electron chi connectivity index (χ4n) is 7.01. The van der Waals surface area contributed by atoms with Crippen LogP contribution in [0.4, 0.5) is 0 Å². The number of unbranched alkanes of at least 4 members (excludes halogenated alkanes) is 2. The Morgan fingerprint density at radius 1 is 0.629 bits per heavy atom. The molecule has 0 fully saturated rings. The van der Waals surface area contributed by atoms with Crippen LogP contribution >= 0.6 is 0 Å². The van der Waals surface area contributed by atoms with Crippen molar-refractivity contribution in [2.24, 2.45) is 5.41 Å². The highest BCUT2D eigenvalue weighted by Crippen LogP contribution is 2.62. The first-order chi connectivity index (χ1) is 17.1. The third-order valence-corrected chi connectivity index (χ3v) is 8.37. The van der Waals surface area contributed by atoms with Gasteiger partial charge in [-0.2, -0.15) is 0 Å². The average molecular weight is 453 g/mol. The summed E-state index contributed by atoms with van der Waals surface area (Å²) in [4.78, 5) is 0. The normalized spacial score (nSPS) is 15.7. The predicted octanol–water partition coefficient (Wildman–Crippen LogP) is 8.98. The Morgan fingerprint density at radius 3 is 1.77 bits per heavy atom. The van der Waals surface area contributed by atoms with E-state index in [9.17, 15) is 0 Å². The van der Waals surface area contributed by atoms with Crippen LogP contribution in [0.1, 0.15) is 72.8 Å². The fourth-order valence-corrected chi connectivity index (χ4v) is 7.01. The van der Waals surface area contributed by atoms with E-state index in [2.05, 4.69) is 111 Å². The van der Waals surface area contributed by atoms with Gasteiger partial charge >= 0.3 is 0 Å². The molecule has 0 amide bonds. The molecule has 0 aromatic heterocycles. The molecular formula is C35H32. The molecule has 0 bridgehead atoms. The lowest BCUT2D eigenvalue weighted by molar-refractivity contribution is 0.282. The van der Waals surface area contributed by atoms with Gasteiger partial charge in [0.15, 0.2) is 0 Å². The summed E-state index contributed by atoms with van der Waals surface area (Å²) in [7, 11) is 0. The van der Waals surface area contributed by atoms with Crippen molar-refractivity contribution in [2.75, 3.05) is 0 Å². The molecule has 0 N–H and O–H groups in total. The molecule has 172 valence electrons. The Kier molecular flexibility index (Phi) is 5.38. The van der Waals surface area contributed by atoms with E-state index < -0.39 is 0 Å². The minimum atomic E-state index is -0.00778. The van der Waals surface area contributed by atoms with Crippen molar-refractivity contribution < 1.29 is 0 Å². The zero-order chi connectivity index (χ0) is 24.0. The summed E-state index contributed by atoms with van der Waals surface area (Å²) >= 11 is 0. The summed E-state index contributed by atoms with van der Waals surface area (Å²) in [6.07, 6.45) is 9.68. The molecule has 0 heteroatoms. The van der Waals surface area contributed by atoms with Crippen LogP contribution in [-0.2, 0) is 6.42 Å². The zero-order valence-corrected chi connectivity index (χ0v) is 20.7. The van der Waals surface area contributed by atoms with Crippen molar-refractivity contribution in [2.45, 2.75) is 51.4 Å². The first-order valence-electron chi connectivity index (χ1n) is 13.0. The molecule has 0 saturated heterocycles. The van der Waals surface area contributed by atoms with Gasteiger partial charge in [-0.25, -0.2) is 0 Å². The lowest BCUT2D eigenvalue weighted by Gasteiger charge is -2.40. The molecule has 1 unspecified atom stereocenters. The number of terminal acetylenes is 1. The number of benzene rings is 4. The molecule has 2 aliphatic carbocycles. The summed E-state index contributed by atoms with van der Waals surface area (Å²) in [6, 6.07) is 34.2. The summed E-state index contributed by atoms with van der Waals surface area (Å²) < 4.78 is 0. The van der Waals surface area contributed by atoms with Gasteiger partial charge in [-0.15, -0.1) is 12.3 Å². The number of fused-ring (bicyclic) bond motifs is 6. The van der Waals surface area contributed by atoms with Crippen molar-refractivity contribution in [1.29, 1.82) is 0 Å². The second kappa shape index (κ2) is 8.58. The molecule has 1 atom stereocenters. The van der Waals surface area contributed by atoms with Crippen molar-refractivity contribution in [3.8, 4) is 34.6 Å². The monoisotopic (exact) mass is 452 g/mol. The highest BCUT2D eigenvalue weighted by atomic mass is 14.5. The van der Waals surface area contributed by atoms with Crippen LogP contribution in [0.3, 0.4) is 0 Å². The Hall–Kier alpha value is -3.56. The Balaban J connectivity index is 1.50. The van der Waals surface area contributed by atoms with Gasteiger partial charge in [0.05, 0.1) is 0 Å². The third-order valence-electron chi connectivity index (χ3n) is 8.37. The second-order valence-corrected chi connectivity index (χ2v) is 10.7. The molecule has 6 rings (SSSR count). The van der Waals surface area contributed by atoms with Gasteiger partial charge in [-0.05, 0) is 74.7 Å². The molecule has 0 radical (unpaired) electrons. The smallest absolute Gasteiger partial charge is 0.0162 e. The van der Waals surface area contributed by atoms with E-state index in [1.54, 1.807) is 0 Å². The predicted molar refractivity (Wildman–Crippen MR) is 148 cm³/mol. The Labute approximate surface area is 210 Å². The summed E-state index contributed by atoms with van der Waals surface area (Å²) in [5.41, 5.74) is 13.1. The van der Waals surface area contributed by atoms with Crippen LogP contribution in [0, 0.1) is 17.8 Å². The third kappa shape index (κ3) is 3.37. The molecule has 4 aromatic carbocycles. The van der Waals surface area contributed by atoms with E-state index in [4.69, 9.17) is 6.42 Å². The number of aryl methyl sites for hydroxylation is 1. The van der Waals surface area contributed by atoms with Crippen LogP contribution in [-0.4, -0.2) is 0 Å². The number of hydrogen-bond donors (Lipinski definition) is 0. The zero-order valence-electron chi connectivity index (χ0n) is 20.7. The van der Waals surface area contributed by atoms with Gasteiger partial charge in [0.1, 0.15) is 0 Å². The minimum Gasteiger partial charge on any atom is -0.120 e. The fraction of sp³-hybridized carbons (Fsp3) is 0.257. The summed E-state index contributed by atoms with van der Waals surface area (Å²) in [5.74, 6) is 3.48. The van der Waals surface area contributed by atoms with E-state index in [-0.39, 0.29) is 5.41 Å². The van der Waals surface area contributed by atoms with Gasteiger partial charge in [-0.3, -0.25) is 0 Å². The molecule has 2 aliphatic rings. The van der Waals surface area contributed by atoms with Gasteiger partial charge in [-0.1, -0.05) is 105 Å². The van der Waals surface area contributed by atoms with Crippen LogP contribution in [0.15, 0.2) is 91.0 Å².